The fourth-order valence-corrected chi connectivity index (χ4v) is 1.69. The molecule has 4 nitrogen and oxygen atoms in total. The van der Waals surface area contributed by atoms with Crippen LogP contribution in [0.4, 0.5) is 13.2 Å². The summed E-state index contributed by atoms with van der Waals surface area (Å²) in [6.07, 6.45) is -3.82. The molecule has 0 aliphatic heterocycles. The van der Waals surface area contributed by atoms with E-state index in [4.69, 9.17) is 4.74 Å². The van der Waals surface area contributed by atoms with Crippen LogP contribution in [0.25, 0.3) is 0 Å². The first kappa shape index (κ1) is 18.2. The van der Waals surface area contributed by atoms with E-state index >= 15 is 0 Å². The molecule has 114 valence electrons. The average Bonchev–Trinajstić information content (AvgIpc) is 2.34. The highest BCUT2D eigenvalue weighted by Crippen LogP contribution is 2.20. The van der Waals surface area contributed by atoms with E-state index in [2.05, 4.69) is 5.32 Å². The topological polar surface area (TPSA) is 41.6 Å². The number of ether oxygens (including phenoxy) is 1. The van der Waals surface area contributed by atoms with Crippen molar-refractivity contribution < 1.29 is 22.7 Å². The molecular weight excluding hydrogens is 261 g/mol. The number of carbonyl (C=O) groups is 1. The Hall–Kier alpha value is -0.820. The van der Waals surface area contributed by atoms with Gasteiger partial charge in [0.2, 0.25) is 0 Å². The van der Waals surface area contributed by atoms with Crippen molar-refractivity contribution in [2.24, 2.45) is 0 Å². The monoisotopic (exact) mass is 284 g/mol. The van der Waals surface area contributed by atoms with Crippen molar-refractivity contribution >= 4 is 5.97 Å². The molecule has 0 spiro atoms. The van der Waals surface area contributed by atoms with Gasteiger partial charge in [-0.3, -0.25) is 4.79 Å². The molecule has 0 aliphatic carbocycles. The molecule has 0 aromatic rings. The van der Waals surface area contributed by atoms with Crippen LogP contribution in [0.15, 0.2) is 0 Å². The van der Waals surface area contributed by atoms with Gasteiger partial charge in [0.25, 0.3) is 0 Å². The number of hydrogen-bond donors (Lipinski definition) is 1. The number of hydrogen-bond acceptors (Lipinski definition) is 4. The molecular formula is C12H23F3N2O2. The Bertz CT molecular complexity index is 285. The molecule has 19 heavy (non-hydrogen) atoms. The molecule has 1 atom stereocenters. The van der Waals surface area contributed by atoms with Gasteiger partial charge in [0.05, 0.1) is 13.5 Å². The van der Waals surface area contributed by atoms with Crippen molar-refractivity contribution in [3.8, 4) is 0 Å². The maximum atomic E-state index is 12.0. The van der Waals surface area contributed by atoms with Gasteiger partial charge < -0.3 is 15.0 Å². The highest BCUT2D eigenvalue weighted by Gasteiger charge is 2.32. The van der Waals surface area contributed by atoms with Gasteiger partial charge in [-0.25, -0.2) is 0 Å². The Labute approximate surface area is 112 Å². The smallest absolute Gasteiger partial charge is 0.390 e. The standard InChI is InChI=1S/C12H23F3N2O2/c1-11(16-2,10(18)19-4)6-5-8-17(3)9-7-12(13,14)15/h16H,5-9H2,1-4H3. The Morgan fingerprint density at radius 3 is 2.26 bits per heavy atom. The van der Waals surface area contributed by atoms with E-state index < -0.39 is 18.1 Å². The Kier molecular flexibility index (Phi) is 7.36. The highest BCUT2D eigenvalue weighted by molar-refractivity contribution is 5.80. The Morgan fingerprint density at radius 1 is 1.26 bits per heavy atom. The summed E-state index contributed by atoms with van der Waals surface area (Å²) in [6, 6.07) is 0. The van der Waals surface area contributed by atoms with Gasteiger partial charge in [-0.15, -0.1) is 0 Å². The molecule has 0 heterocycles. The number of alkyl halides is 3. The normalized spacial score (nSPS) is 15.4. The number of carbonyl (C=O) groups excluding carboxylic acids is 1. The Balaban J connectivity index is 4.04. The molecule has 0 radical (unpaired) electrons. The first-order chi connectivity index (χ1) is 8.64. The second-order valence-electron chi connectivity index (χ2n) is 4.85. The van der Waals surface area contributed by atoms with Gasteiger partial charge in [0, 0.05) is 6.54 Å². The summed E-state index contributed by atoms with van der Waals surface area (Å²) in [7, 11) is 4.61. The van der Waals surface area contributed by atoms with Crippen LogP contribution in [0.1, 0.15) is 26.2 Å². The molecule has 7 heteroatoms. The lowest BCUT2D eigenvalue weighted by molar-refractivity contribution is -0.148. The molecule has 0 aromatic carbocycles. The number of likely N-dealkylation sites (N-methyl/N-ethyl adjacent to an activating group) is 1. The van der Waals surface area contributed by atoms with Crippen LogP contribution in [-0.2, 0) is 9.53 Å². The van der Waals surface area contributed by atoms with E-state index in [1.165, 1.54) is 7.11 Å². The summed E-state index contributed by atoms with van der Waals surface area (Å²) < 4.78 is 40.8. The number of nitrogens with one attached hydrogen (secondary N) is 1. The van der Waals surface area contributed by atoms with Crippen molar-refractivity contribution in [2.45, 2.75) is 37.9 Å². The van der Waals surface area contributed by atoms with Crippen LogP contribution >= 0.6 is 0 Å². The minimum atomic E-state index is -4.13. The molecule has 0 rings (SSSR count). The maximum Gasteiger partial charge on any atom is 0.390 e. The van der Waals surface area contributed by atoms with E-state index in [9.17, 15) is 18.0 Å². The minimum absolute atomic E-state index is 0.0298. The van der Waals surface area contributed by atoms with E-state index in [-0.39, 0.29) is 12.5 Å². The van der Waals surface area contributed by atoms with Gasteiger partial charge in [-0.05, 0) is 40.4 Å². The van der Waals surface area contributed by atoms with E-state index in [0.29, 0.717) is 19.4 Å². The number of esters is 1. The maximum absolute atomic E-state index is 12.0. The van der Waals surface area contributed by atoms with Crippen molar-refractivity contribution in [3.63, 3.8) is 0 Å². The third-order valence-electron chi connectivity index (χ3n) is 3.18. The fraction of sp³-hybridized carbons (Fsp3) is 0.917. The van der Waals surface area contributed by atoms with Crippen LogP contribution in [0.2, 0.25) is 0 Å². The zero-order chi connectivity index (χ0) is 15.1. The zero-order valence-corrected chi connectivity index (χ0v) is 11.9. The summed E-state index contributed by atoms with van der Waals surface area (Å²) >= 11 is 0. The van der Waals surface area contributed by atoms with Crippen molar-refractivity contribution in [2.75, 3.05) is 34.3 Å². The Morgan fingerprint density at radius 2 is 1.84 bits per heavy atom. The lowest BCUT2D eigenvalue weighted by Gasteiger charge is -2.27. The highest BCUT2D eigenvalue weighted by atomic mass is 19.4. The van der Waals surface area contributed by atoms with Crippen molar-refractivity contribution in [3.05, 3.63) is 0 Å². The molecule has 0 saturated heterocycles. The predicted octanol–water partition coefficient (Wildman–Crippen LogP) is 1.80. The van der Waals surface area contributed by atoms with E-state index in [0.717, 1.165) is 0 Å². The van der Waals surface area contributed by atoms with Crippen molar-refractivity contribution in [1.82, 2.24) is 10.2 Å². The minimum Gasteiger partial charge on any atom is -0.468 e. The van der Waals surface area contributed by atoms with Gasteiger partial charge >= 0.3 is 12.1 Å². The molecule has 0 amide bonds. The largest absolute Gasteiger partial charge is 0.468 e. The summed E-state index contributed by atoms with van der Waals surface area (Å²) in [5.74, 6) is -0.368. The van der Waals surface area contributed by atoms with Crippen LogP contribution < -0.4 is 5.32 Å². The van der Waals surface area contributed by atoms with Crippen LogP contribution in [0, 0.1) is 0 Å². The third-order valence-corrected chi connectivity index (χ3v) is 3.18. The molecule has 0 aromatic heterocycles. The number of rotatable bonds is 8. The van der Waals surface area contributed by atoms with Crippen LogP contribution in [0.5, 0.6) is 0 Å². The fourth-order valence-electron chi connectivity index (χ4n) is 1.69. The second kappa shape index (κ2) is 7.69. The van der Waals surface area contributed by atoms with E-state index in [1.807, 2.05) is 0 Å². The molecule has 0 aliphatic rings. The number of halogens is 3. The quantitative estimate of drug-likeness (QED) is 0.690. The van der Waals surface area contributed by atoms with Gasteiger partial charge in [0.15, 0.2) is 0 Å². The van der Waals surface area contributed by atoms with E-state index in [1.54, 1.807) is 25.9 Å². The van der Waals surface area contributed by atoms with Crippen molar-refractivity contribution in [1.29, 1.82) is 0 Å². The summed E-state index contributed by atoms with van der Waals surface area (Å²) in [4.78, 5) is 13.2. The first-order valence-electron chi connectivity index (χ1n) is 6.17. The summed E-state index contributed by atoms with van der Waals surface area (Å²) in [6.45, 7) is 2.19. The van der Waals surface area contributed by atoms with Crippen LogP contribution in [0.3, 0.4) is 0 Å². The summed E-state index contributed by atoms with van der Waals surface area (Å²) in [5.41, 5.74) is -0.792. The first-order valence-corrected chi connectivity index (χ1v) is 6.17. The lowest BCUT2D eigenvalue weighted by Crippen LogP contribution is -2.48. The molecule has 0 saturated carbocycles. The summed E-state index contributed by atoms with van der Waals surface area (Å²) in [5, 5.41) is 2.89. The second-order valence-corrected chi connectivity index (χ2v) is 4.85. The molecule has 0 fully saturated rings. The van der Waals surface area contributed by atoms with Crippen LogP contribution in [-0.4, -0.2) is 56.9 Å². The molecule has 0 bridgehead atoms. The predicted molar refractivity (Wildman–Crippen MR) is 66.9 cm³/mol. The molecule has 1 unspecified atom stereocenters. The zero-order valence-electron chi connectivity index (χ0n) is 11.9. The van der Waals surface area contributed by atoms with Gasteiger partial charge in [-0.1, -0.05) is 0 Å². The third kappa shape index (κ3) is 7.37. The molecule has 1 N–H and O–H groups in total. The number of nitrogens with zero attached hydrogens (tertiary/aromatic N) is 1. The lowest BCUT2D eigenvalue weighted by atomic mass is 9.96. The average molecular weight is 284 g/mol. The van der Waals surface area contributed by atoms with Gasteiger partial charge in [-0.2, -0.15) is 13.2 Å². The SMILES string of the molecule is CNC(C)(CCCN(C)CCC(F)(F)F)C(=O)OC. The number of methoxy groups -OCH3 is 1. The van der Waals surface area contributed by atoms with Gasteiger partial charge in [0.1, 0.15) is 5.54 Å².